The normalized spacial score (nSPS) is 10.6. The lowest BCUT2D eigenvalue weighted by Gasteiger charge is -2.10. The summed E-state index contributed by atoms with van der Waals surface area (Å²) in [6.07, 6.45) is 0.872. The van der Waals surface area contributed by atoms with E-state index in [1.807, 2.05) is 25.2 Å². The summed E-state index contributed by atoms with van der Waals surface area (Å²) in [6, 6.07) is 5.70. The second-order valence-corrected chi connectivity index (χ2v) is 6.23. The van der Waals surface area contributed by atoms with E-state index in [9.17, 15) is 0 Å². The summed E-state index contributed by atoms with van der Waals surface area (Å²) >= 11 is 11.7. The van der Waals surface area contributed by atoms with Crippen molar-refractivity contribution >= 4 is 55.9 Å². The van der Waals surface area contributed by atoms with Crippen LogP contribution in [-0.2, 0) is 6.42 Å². The van der Waals surface area contributed by atoms with Crippen molar-refractivity contribution in [3.63, 3.8) is 0 Å². The van der Waals surface area contributed by atoms with Crippen LogP contribution in [0.2, 0.25) is 5.02 Å². The molecule has 0 radical (unpaired) electrons. The van der Waals surface area contributed by atoms with Gasteiger partial charge in [0, 0.05) is 17.1 Å². The average Bonchev–Trinajstić information content (AvgIpc) is 2.42. The highest BCUT2D eigenvalue weighted by atomic mass is 127. The first kappa shape index (κ1) is 15.0. The van der Waals surface area contributed by atoms with E-state index >= 15 is 0 Å². The van der Waals surface area contributed by atoms with Gasteiger partial charge in [0.05, 0.1) is 14.3 Å². The number of aromatic nitrogens is 2. The molecule has 1 N–H and O–H groups in total. The Morgan fingerprint density at radius 1 is 1.37 bits per heavy atom. The lowest BCUT2D eigenvalue weighted by Crippen LogP contribution is -2.04. The van der Waals surface area contributed by atoms with Crippen LogP contribution in [0, 0.1) is 3.57 Å². The Kier molecular flexibility index (Phi) is 5.03. The summed E-state index contributed by atoms with van der Waals surface area (Å²) < 4.78 is 1.91. The van der Waals surface area contributed by atoms with E-state index < -0.39 is 0 Å². The second-order valence-electron chi connectivity index (χ2n) is 3.89. The number of hydrogen-bond acceptors (Lipinski definition) is 3. The minimum Gasteiger partial charge on any atom is -0.372 e. The van der Waals surface area contributed by atoms with E-state index in [1.54, 1.807) is 0 Å². The third kappa shape index (κ3) is 3.20. The number of nitrogens with one attached hydrogen (secondary N) is 1. The maximum atomic E-state index is 6.01. The van der Waals surface area contributed by atoms with E-state index in [4.69, 9.17) is 11.6 Å². The first-order chi connectivity index (χ1) is 9.06. The largest absolute Gasteiger partial charge is 0.372 e. The number of anilines is 1. The monoisotopic (exact) mass is 451 g/mol. The van der Waals surface area contributed by atoms with Crippen LogP contribution in [0.5, 0.6) is 0 Å². The third-order valence-corrected chi connectivity index (χ3v) is 5.02. The molecule has 3 nitrogen and oxygen atoms in total. The number of aryl methyl sites for hydroxylation is 1. The standard InChI is InChI=1S/C13H12BrClIN3/c1-3-10-11(16)13(17-2)19-12(18-10)7-4-5-9(15)8(14)6-7/h4-6H,3H2,1-2H3,(H,17,18,19). The maximum absolute atomic E-state index is 6.01. The minimum absolute atomic E-state index is 0.679. The first-order valence-electron chi connectivity index (χ1n) is 5.76. The van der Waals surface area contributed by atoms with Crippen molar-refractivity contribution in [1.82, 2.24) is 9.97 Å². The summed E-state index contributed by atoms with van der Waals surface area (Å²) in [6.45, 7) is 2.09. The molecule has 1 aromatic carbocycles. The summed E-state index contributed by atoms with van der Waals surface area (Å²) in [5.41, 5.74) is 1.99. The van der Waals surface area contributed by atoms with Gasteiger partial charge in [-0.15, -0.1) is 0 Å². The molecule has 0 saturated heterocycles. The van der Waals surface area contributed by atoms with Crippen LogP contribution in [0.4, 0.5) is 5.82 Å². The van der Waals surface area contributed by atoms with Crippen LogP contribution >= 0.6 is 50.1 Å². The van der Waals surface area contributed by atoms with E-state index in [0.29, 0.717) is 10.8 Å². The van der Waals surface area contributed by atoms with Gasteiger partial charge in [0.15, 0.2) is 5.82 Å². The summed E-state index contributed by atoms with van der Waals surface area (Å²) in [5.74, 6) is 1.56. The number of benzene rings is 1. The molecule has 0 aliphatic rings. The lowest BCUT2D eigenvalue weighted by atomic mass is 10.2. The fourth-order valence-electron chi connectivity index (χ4n) is 1.66. The molecular weight excluding hydrogens is 440 g/mol. The molecule has 0 saturated carbocycles. The molecule has 6 heteroatoms. The summed E-state index contributed by atoms with van der Waals surface area (Å²) in [7, 11) is 1.87. The van der Waals surface area contributed by atoms with Crippen molar-refractivity contribution in [2.75, 3.05) is 12.4 Å². The smallest absolute Gasteiger partial charge is 0.161 e. The topological polar surface area (TPSA) is 37.8 Å². The van der Waals surface area contributed by atoms with Gasteiger partial charge in [0.2, 0.25) is 0 Å². The lowest BCUT2D eigenvalue weighted by molar-refractivity contribution is 0.990. The van der Waals surface area contributed by atoms with Crippen LogP contribution in [0.3, 0.4) is 0 Å². The van der Waals surface area contributed by atoms with Crippen molar-refractivity contribution in [3.05, 3.63) is 37.0 Å². The molecular formula is C13H12BrClIN3. The first-order valence-corrected chi connectivity index (χ1v) is 8.01. The van der Waals surface area contributed by atoms with Crippen molar-refractivity contribution in [2.24, 2.45) is 0 Å². The van der Waals surface area contributed by atoms with Crippen molar-refractivity contribution in [1.29, 1.82) is 0 Å². The molecule has 19 heavy (non-hydrogen) atoms. The SMILES string of the molecule is CCc1nc(-c2ccc(Cl)c(Br)c2)nc(NC)c1I. The zero-order valence-corrected chi connectivity index (χ0v) is 15.0. The van der Waals surface area contributed by atoms with Gasteiger partial charge in [-0.2, -0.15) is 0 Å². The molecule has 0 spiro atoms. The Bertz CT molecular complexity index is 594. The Morgan fingerprint density at radius 3 is 2.68 bits per heavy atom. The van der Waals surface area contributed by atoms with E-state index in [2.05, 4.69) is 60.7 Å². The van der Waals surface area contributed by atoms with Gasteiger partial charge in [-0.25, -0.2) is 9.97 Å². The fourth-order valence-corrected chi connectivity index (χ4v) is 3.05. The van der Waals surface area contributed by atoms with Gasteiger partial charge in [0.1, 0.15) is 5.82 Å². The minimum atomic E-state index is 0.679. The highest BCUT2D eigenvalue weighted by Crippen LogP contribution is 2.29. The third-order valence-electron chi connectivity index (χ3n) is 2.67. The van der Waals surface area contributed by atoms with Crippen LogP contribution in [0.25, 0.3) is 11.4 Å². The van der Waals surface area contributed by atoms with Crippen LogP contribution in [0.15, 0.2) is 22.7 Å². The molecule has 2 rings (SSSR count). The summed E-state index contributed by atoms with van der Waals surface area (Å²) in [5, 5.41) is 3.79. The molecule has 100 valence electrons. The predicted octanol–water partition coefficient (Wildman–Crippen LogP) is 4.77. The van der Waals surface area contributed by atoms with E-state index in [1.165, 1.54) is 0 Å². The maximum Gasteiger partial charge on any atom is 0.161 e. The van der Waals surface area contributed by atoms with Crippen molar-refractivity contribution < 1.29 is 0 Å². The number of rotatable bonds is 3. The Morgan fingerprint density at radius 2 is 2.11 bits per heavy atom. The number of nitrogens with zero attached hydrogens (tertiary/aromatic N) is 2. The van der Waals surface area contributed by atoms with Gasteiger partial charge in [-0.3, -0.25) is 0 Å². The predicted molar refractivity (Wildman–Crippen MR) is 91.8 cm³/mol. The zero-order valence-electron chi connectivity index (χ0n) is 10.5. The molecule has 0 aliphatic heterocycles. The van der Waals surface area contributed by atoms with Crippen molar-refractivity contribution in [2.45, 2.75) is 13.3 Å². The van der Waals surface area contributed by atoms with Gasteiger partial charge < -0.3 is 5.32 Å². The Labute approximate surface area is 139 Å². The molecule has 1 heterocycles. The molecule has 0 amide bonds. The van der Waals surface area contributed by atoms with Crippen molar-refractivity contribution in [3.8, 4) is 11.4 Å². The van der Waals surface area contributed by atoms with Gasteiger partial charge in [-0.1, -0.05) is 18.5 Å². The molecule has 2 aromatic rings. The average molecular weight is 453 g/mol. The highest BCUT2D eigenvalue weighted by molar-refractivity contribution is 14.1. The van der Waals surface area contributed by atoms with Crippen LogP contribution < -0.4 is 5.32 Å². The quantitative estimate of drug-likeness (QED) is 0.682. The molecule has 0 unspecified atom stereocenters. The molecule has 0 aliphatic carbocycles. The molecule has 0 atom stereocenters. The summed E-state index contributed by atoms with van der Waals surface area (Å²) in [4.78, 5) is 9.16. The molecule has 0 fully saturated rings. The van der Waals surface area contributed by atoms with Crippen LogP contribution in [0.1, 0.15) is 12.6 Å². The fraction of sp³-hybridized carbons (Fsp3) is 0.231. The van der Waals surface area contributed by atoms with Crippen LogP contribution in [-0.4, -0.2) is 17.0 Å². The zero-order chi connectivity index (χ0) is 14.0. The number of hydrogen-bond donors (Lipinski definition) is 1. The van der Waals surface area contributed by atoms with E-state index in [0.717, 1.165) is 31.5 Å². The van der Waals surface area contributed by atoms with Gasteiger partial charge >= 0.3 is 0 Å². The van der Waals surface area contributed by atoms with Gasteiger partial charge in [-0.05, 0) is 63.1 Å². The Hall–Kier alpha value is -0.400. The molecule has 0 bridgehead atoms. The Balaban J connectivity index is 2.58. The second kappa shape index (κ2) is 6.37. The number of halogens is 3. The highest BCUT2D eigenvalue weighted by Gasteiger charge is 2.12. The van der Waals surface area contributed by atoms with E-state index in [-0.39, 0.29) is 0 Å². The molecule has 1 aromatic heterocycles. The van der Waals surface area contributed by atoms with Gasteiger partial charge in [0.25, 0.3) is 0 Å².